The molecule has 0 atom stereocenters. The molecule has 0 spiro atoms. The Labute approximate surface area is 113 Å². The third-order valence-corrected chi connectivity index (χ3v) is 3.20. The molecule has 0 unspecified atom stereocenters. The Morgan fingerprint density at radius 2 is 1.95 bits per heavy atom. The van der Waals surface area contributed by atoms with Crippen LogP contribution in [0.1, 0.15) is 33.6 Å². The van der Waals surface area contributed by atoms with Gasteiger partial charge in [0.05, 0.1) is 11.4 Å². The van der Waals surface area contributed by atoms with Crippen LogP contribution in [0.5, 0.6) is 0 Å². The van der Waals surface area contributed by atoms with Gasteiger partial charge in [0.25, 0.3) is 0 Å². The maximum Gasteiger partial charge on any atom is 0.229 e. The second-order valence-electron chi connectivity index (χ2n) is 5.87. The van der Waals surface area contributed by atoms with Gasteiger partial charge in [0.1, 0.15) is 0 Å². The Bertz CT molecular complexity index is 503. The lowest BCUT2D eigenvalue weighted by molar-refractivity contribution is -0.123. The number of benzene rings is 1. The number of para-hydroxylation sites is 2. The second-order valence-corrected chi connectivity index (χ2v) is 5.87. The van der Waals surface area contributed by atoms with Gasteiger partial charge in [-0.25, -0.2) is 0 Å². The summed E-state index contributed by atoms with van der Waals surface area (Å²) in [6.45, 7) is 6.32. The fourth-order valence-electron chi connectivity index (χ4n) is 2.03. The molecule has 0 aromatic heterocycles. The summed E-state index contributed by atoms with van der Waals surface area (Å²) >= 11 is 0. The Kier molecular flexibility index (Phi) is 3.60. The predicted octanol–water partition coefficient (Wildman–Crippen LogP) is 2.80. The van der Waals surface area contributed by atoms with Crippen LogP contribution in [0.15, 0.2) is 24.3 Å². The number of carbonyl (C=O) groups is 2. The average molecular weight is 260 g/mol. The summed E-state index contributed by atoms with van der Waals surface area (Å²) < 4.78 is 0. The first-order chi connectivity index (χ1) is 8.89. The van der Waals surface area contributed by atoms with E-state index in [-0.39, 0.29) is 11.8 Å². The smallest absolute Gasteiger partial charge is 0.229 e. The largest absolute Gasteiger partial charge is 0.324 e. The number of anilines is 2. The molecule has 19 heavy (non-hydrogen) atoms. The molecule has 0 saturated carbocycles. The quantitative estimate of drug-likeness (QED) is 0.889. The molecule has 1 aromatic carbocycles. The molecule has 0 bridgehead atoms. The maximum absolute atomic E-state index is 12.1. The zero-order valence-corrected chi connectivity index (χ0v) is 11.7. The number of amides is 2. The first kappa shape index (κ1) is 13.6. The van der Waals surface area contributed by atoms with Crippen molar-refractivity contribution in [2.24, 2.45) is 5.41 Å². The summed E-state index contributed by atoms with van der Waals surface area (Å²) in [5.74, 6) is 0.0732. The molecule has 1 saturated heterocycles. The third-order valence-electron chi connectivity index (χ3n) is 3.20. The van der Waals surface area contributed by atoms with E-state index >= 15 is 0 Å². The molecule has 1 aliphatic heterocycles. The molecule has 1 heterocycles. The minimum Gasteiger partial charge on any atom is -0.324 e. The number of rotatable bonds is 2. The summed E-state index contributed by atoms with van der Waals surface area (Å²) in [6, 6.07) is 7.46. The van der Waals surface area contributed by atoms with E-state index in [4.69, 9.17) is 0 Å². The van der Waals surface area contributed by atoms with Crippen molar-refractivity contribution in [3.05, 3.63) is 24.3 Å². The van der Waals surface area contributed by atoms with Crippen LogP contribution in [0.3, 0.4) is 0 Å². The lowest BCUT2D eigenvalue weighted by atomic mass is 9.95. The minimum absolute atomic E-state index is 0.0494. The van der Waals surface area contributed by atoms with E-state index in [0.717, 1.165) is 18.7 Å². The van der Waals surface area contributed by atoms with Gasteiger partial charge in [-0.05, 0) is 18.6 Å². The van der Waals surface area contributed by atoms with Crippen LogP contribution in [0.4, 0.5) is 11.4 Å². The van der Waals surface area contributed by atoms with Crippen molar-refractivity contribution >= 4 is 23.2 Å². The zero-order valence-electron chi connectivity index (χ0n) is 11.7. The van der Waals surface area contributed by atoms with Gasteiger partial charge in [0.15, 0.2) is 0 Å². The van der Waals surface area contributed by atoms with E-state index in [1.165, 1.54) is 0 Å². The maximum atomic E-state index is 12.1. The Morgan fingerprint density at radius 3 is 2.53 bits per heavy atom. The normalized spacial score (nSPS) is 15.7. The lowest BCUT2D eigenvalue weighted by Crippen LogP contribution is -2.30. The number of nitrogens with zero attached hydrogens (tertiary/aromatic N) is 1. The second kappa shape index (κ2) is 5.03. The highest BCUT2D eigenvalue weighted by molar-refractivity contribution is 6.03. The van der Waals surface area contributed by atoms with Gasteiger partial charge in [-0.15, -0.1) is 0 Å². The molecule has 0 aliphatic carbocycles. The molecule has 0 radical (unpaired) electrons. The van der Waals surface area contributed by atoms with Crippen molar-refractivity contribution < 1.29 is 9.59 Å². The summed E-state index contributed by atoms with van der Waals surface area (Å²) in [5.41, 5.74) is 1.04. The van der Waals surface area contributed by atoms with E-state index in [1.807, 2.05) is 45.0 Å². The fourth-order valence-corrected chi connectivity index (χ4v) is 2.03. The highest BCUT2D eigenvalue weighted by Gasteiger charge is 2.26. The van der Waals surface area contributed by atoms with Gasteiger partial charge in [-0.3, -0.25) is 9.59 Å². The van der Waals surface area contributed by atoms with Gasteiger partial charge < -0.3 is 10.2 Å². The number of hydrogen-bond acceptors (Lipinski definition) is 2. The first-order valence-corrected chi connectivity index (χ1v) is 6.60. The van der Waals surface area contributed by atoms with Gasteiger partial charge in [0.2, 0.25) is 11.8 Å². The van der Waals surface area contributed by atoms with Gasteiger partial charge in [-0.2, -0.15) is 0 Å². The van der Waals surface area contributed by atoms with Gasteiger partial charge >= 0.3 is 0 Å². The number of nitrogens with one attached hydrogen (secondary N) is 1. The first-order valence-electron chi connectivity index (χ1n) is 6.60. The fraction of sp³-hybridized carbons (Fsp3) is 0.467. The number of hydrogen-bond donors (Lipinski definition) is 1. The van der Waals surface area contributed by atoms with Gasteiger partial charge in [-0.1, -0.05) is 32.9 Å². The molecular weight excluding hydrogens is 240 g/mol. The molecule has 102 valence electrons. The zero-order chi connectivity index (χ0) is 14.0. The third kappa shape index (κ3) is 2.95. The highest BCUT2D eigenvalue weighted by Crippen LogP contribution is 2.30. The van der Waals surface area contributed by atoms with Crippen molar-refractivity contribution in [2.75, 3.05) is 16.8 Å². The molecule has 2 rings (SSSR count). The van der Waals surface area contributed by atoms with Crippen molar-refractivity contribution in [3.63, 3.8) is 0 Å². The monoisotopic (exact) mass is 260 g/mol. The Morgan fingerprint density at radius 1 is 1.26 bits per heavy atom. The lowest BCUT2D eigenvalue weighted by Gasteiger charge is -2.23. The standard InChI is InChI=1S/C15H20N2O2/c1-15(2,3)14(19)16-11-7-4-5-8-12(11)17-10-6-9-13(17)18/h4-5,7-8H,6,9-10H2,1-3H3,(H,16,19). The van der Waals surface area contributed by atoms with E-state index in [9.17, 15) is 9.59 Å². The molecule has 2 amide bonds. The van der Waals surface area contributed by atoms with E-state index < -0.39 is 5.41 Å². The van der Waals surface area contributed by atoms with Crippen LogP contribution in [0.2, 0.25) is 0 Å². The summed E-state index contributed by atoms with van der Waals surface area (Å²) in [7, 11) is 0. The Hall–Kier alpha value is -1.84. The Balaban J connectivity index is 2.26. The van der Waals surface area contributed by atoms with E-state index in [0.29, 0.717) is 12.1 Å². The average Bonchev–Trinajstić information content (AvgIpc) is 2.75. The van der Waals surface area contributed by atoms with E-state index in [1.54, 1.807) is 4.90 Å². The predicted molar refractivity (Wildman–Crippen MR) is 76.1 cm³/mol. The summed E-state index contributed by atoms with van der Waals surface area (Å²) in [5, 5.41) is 2.92. The molecule has 1 aliphatic rings. The van der Waals surface area contributed by atoms with E-state index in [2.05, 4.69) is 5.32 Å². The summed E-state index contributed by atoms with van der Waals surface area (Å²) in [4.78, 5) is 25.6. The highest BCUT2D eigenvalue weighted by atomic mass is 16.2. The van der Waals surface area contributed by atoms with Crippen LogP contribution in [-0.2, 0) is 9.59 Å². The number of carbonyl (C=O) groups excluding carboxylic acids is 2. The minimum atomic E-state index is -0.456. The van der Waals surface area contributed by atoms with Crippen LogP contribution >= 0.6 is 0 Å². The van der Waals surface area contributed by atoms with Crippen LogP contribution in [0, 0.1) is 5.41 Å². The SMILES string of the molecule is CC(C)(C)C(=O)Nc1ccccc1N1CCCC1=O. The van der Waals surface area contributed by atoms with Gasteiger partial charge in [0, 0.05) is 18.4 Å². The van der Waals surface area contributed by atoms with Crippen molar-refractivity contribution in [2.45, 2.75) is 33.6 Å². The molecule has 4 heteroatoms. The molecule has 4 nitrogen and oxygen atoms in total. The van der Waals surface area contributed by atoms with Crippen molar-refractivity contribution in [1.82, 2.24) is 0 Å². The molecule has 1 aromatic rings. The van der Waals surface area contributed by atoms with Crippen LogP contribution < -0.4 is 10.2 Å². The summed E-state index contributed by atoms with van der Waals surface area (Å²) in [6.07, 6.45) is 1.46. The molecule has 1 N–H and O–H groups in total. The topological polar surface area (TPSA) is 49.4 Å². The van der Waals surface area contributed by atoms with Crippen molar-refractivity contribution in [3.8, 4) is 0 Å². The van der Waals surface area contributed by atoms with Crippen LogP contribution in [0.25, 0.3) is 0 Å². The molecule has 1 fully saturated rings. The van der Waals surface area contributed by atoms with Crippen molar-refractivity contribution in [1.29, 1.82) is 0 Å². The van der Waals surface area contributed by atoms with Crippen LogP contribution in [-0.4, -0.2) is 18.4 Å². The molecular formula is C15H20N2O2.